The molecular formula is C14H20N2OS. The van der Waals surface area contributed by atoms with Crippen molar-refractivity contribution in [2.75, 3.05) is 25.9 Å². The molecular weight excluding hydrogens is 244 g/mol. The van der Waals surface area contributed by atoms with Crippen molar-refractivity contribution < 1.29 is 4.74 Å². The maximum absolute atomic E-state index is 6.09. The second-order valence-corrected chi connectivity index (χ2v) is 6.10. The average Bonchev–Trinajstić information content (AvgIpc) is 2.36. The van der Waals surface area contributed by atoms with E-state index in [1.54, 1.807) is 0 Å². The van der Waals surface area contributed by atoms with Gasteiger partial charge in [0, 0.05) is 5.75 Å². The van der Waals surface area contributed by atoms with Crippen molar-refractivity contribution in [2.45, 2.75) is 25.2 Å². The Morgan fingerprint density at radius 3 is 3.00 bits per heavy atom. The molecule has 4 heteroatoms. The van der Waals surface area contributed by atoms with Crippen LogP contribution < -0.4 is 10.2 Å². The van der Waals surface area contributed by atoms with Gasteiger partial charge in [0.25, 0.3) is 0 Å². The number of thioether (sulfide) groups is 1. The van der Waals surface area contributed by atoms with Crippen LogP contribution in [0.2, 0.25) is 0 Å². The van der Waals surface area contributed by atoms with Crippen LogP contribution in [0.3, 0.4) is 0 Å². The van der Waals surface area contributed by atoms with Crippen LogP contribution in [0.5, 0.6) is 5.75 Å². The van der Waals surface area contributed by atoms with Crippen molar-refractivity contribution in [1.29, 1.82) is 0 Å². The lowest BCUT2D eigenvalue weighted by molar-refractivity contribution is -0.00951. The first-order valence-electron chi connectivity index (χ1n) is 6.56. The van der Waals surface area contributed by atoms with Crippen molar-refractivity contribution in [1.82, 2.24) is 10.4 Å². The number of nitrogens with zero attached hydrogens (tertiary/aromatic N) is 1. The highest BCUT2D eigenvalue weighted by atomic mass is 32.2. The monoisotopic (exact) mass is 264 g/mol. The van der Waals surface area contributed by atoms with E-state index in [4.69, 9.17) is 4.74 Å². The number of aryl methyl sites for hydroxylation is 1. The third-order valence-corrected chi connectivity index (χ3v) is 4.85. The van der Waals surface area contributed by atoms with Gasteiger partial charge < -0.3 is 4.74 Å². The van der Waals surface area contributed by atoms with Gasteiger partial charge in [-0.2, -0.15) is 11.8 Å². The number of rotatable bonds is 3. The molecule has 2 aliphatic rings. The Bertz CT molecular complexity index is 444. The molecule has 0 saturated carbocycles. The molecule has 0 unspecified atom stereocenters. The highest BCUT2D eigenvalue weighted by Gasteiger charge is 2.28. The molecule has 1 fully saturated rings. The molecule has 1 N–H and O–H groups in total. The van der Waals surface area contributed by atoms with Gasteiger partial charge in [0.2, 0.25) is 0 Å². The predicted octanol–water partition coefficient (Wildman–Crippen LogP) is 1.98. The highest BCUT2D eigenvalue weighted by molar-refractivity contribution is 7.98. The van der Waals surface area contributed by atoms with Gasteiger partial charge in [-0.15, -0.1) is 0 Å². The fraction of sp³-hybridized carbons (Fsp3) is 0.571. The van der Waals surface area contributed by atoms with Crippen LogP contribution >= 0.6 is 11.8 Å². The molecule has 0 spiro atoms. The van der Waals surface area contributed by atoms with Crippen LogP contribution in [0.25, 0.3) is 0 Å². The summed E-state index contributed by atoms with van der Waals surface area (Å²) >= 11 is 2.03. The second-order valence-electron chi connectivity index (χ2n) is 5.00. The maximum atomic E-state index is 6.09. The van der Waals surface area contributed by atoms with E-state index in [9.17, 15) is 0 Å². The fourth-order valence-corrected chi connectivity index (χ4v) is 3.70. The molecule has 1 saturated heterocycles. The molecule has 0 amide bonds. The van der Waals surface area contributed by atoms with Gasteiger partial charge in [0.15, 0.2) is 0 Å². The third-order valence-electron chi connectivity index (χ3n) is 3.87. The van der Waals surface area contributed by atoms with Crippen molar-refractivity contribution >= 4 is 11.8 Å². The smallest absolute Gasteiger partial charge is 0.127 e. The van der Waals surface area contributed by atoms with Crippen molar-refractivity contribution in [2.24, 2.45) is 0 Å². The van der Waals surface area contributed by atoms with Crippen LogP contribution in [-0.4, -0.2) is 37.0 Å². The van der Waals surface area contributed by atoms with Crippen LogP contribution in [0.1, 0.15) is 16.7 Å². The Balaban J connectivity index is 1.73. The number of ether oxygens (including phenoxy) is 1. The Kier molecular flexibility index (Phi) is 3.50. The molecule has 1 aromatic carbocycles. The van der Waals surface area contributed by atoms with Crippen LogP contribution in [-0.2, 0) is 12.2 Å². The summed E-state index contributed by atoms with van der Waals surface area (Å²) in [6, 6.07) is 4.41. The van der Waals surface area contributed by atoms with Gasteiger partial charge in [0.1, 0.15) is 11.9 Å². The predicted molar refractivity (Wildman–Crippen MR) is 76.1 cm³/mol. The third kappa shape index (κ3) is 2.25. The lowest BCUT2D eigenvalue weighted by Gasteiger charge is -2.38. The Hall–Kier alpha value is -0.710. The molecule has 3 rings (SSSR count). The number of hydrogen-bond donors (Lipinski definition) is 1. The summed E-state index contributed by atoms with van der Waals surface area (Å²) in [6.07, 6.45) is 1.54. The molecule has 1 aromatic rings. The number of benzene rings is 1. The second kappa shape index (κ2) is 5.11. The molecule has 2 heterocycles. The summed E-state index contributed by atoms with van der Waals surface area (Å²) in [4.78, 5) is 0. The summed E-state index contributed by atoms with van der Waals surface area (Å²) in [6.45, 7) is 4.15. The first-order chi connectivity index (χ1) is 8.78. The Morgan fingerprint density at radius 1 is 1.39 bits per heavy atom. The zero-order valence-corrected chi connectivity index (χ0v) is 11.8. The molecule has 0 radical (unpaired) electrons. The minimum Gasteiger partial charge on any atom is -0.487 e. The maximum Gasteiger partial charge on any atom is 0.127 e. The molecule has 0 bridgehead atoms. The van der Waals surface area contributed by atoms with E-state index < -0.39 is 0 Å². The van der Waals surface area contributed by atoms with E-state index in [1.165, 1.54) is 28.9 Å². The zero-order valence-electron chi connectivity index (χ0n) is 11.0. The summed E-state index contributed by atoms with van der Waals surface area (Å²) in [5, 5.41) is 2.16. The molecule has 0 aromatic heterocycles. The van der Waals surface area contributed by atoms with Gasteiger partial charge in [-0.05, 0) is 48.9 Å². The quantitative estimate of drug-likeness (QED) is 0.902. The lowest BCUT2D eigenvalue weighted by Crippen LogP contribution is -2.58. The summed E-state index contributed by atoms with van der Waals surface area (Å²) < 4.78 is 6.09. The number of hydrogen-bond acceptors (Lipinski definition) is 4. The first kappa shape index (κ1) is 12.3. The van der Waals surface area contributed by atoms with E-state index in [2.05, 4.69) is 29.5 Å². The number of hydrazine groups is 1. The number of fused-ring (bicyclic) bond motifs is 1. The minimum absolute atomic E-state index is 0.338. The van der Waals surface area contributed by atoms with Crippen molar-refractivity contribution in [3.05, 3.63) is 28.8 Å². The Morgan fingerprint density at radius 2 is 2.22 bits per heavy atom. The summed E-state index contributed by atoms with van der Waals surface area (Å²) in [5.41, 5.74) is 7.51. The van der Waals surface area contributed by atoms with Crippen molar-refractivity contribution in [3.63, 3.8) is 0 Å². The molecule has 2 aliphatic heterocycles. The Labute approximate surface area is 113 Å². The van der Waals surface area contributed by atoms with E-state index >= 15 is 0 Å². The normalized spacial score (nSPS) is 20.3. The van der Waals surface area contributed by atoms with E-state index in [0.29, 0.717) is 6.10 Å². The number of nitrogens with one attached hydrogen (secondary N) is 1. The van der Waals surface area contributed by atoms with E-state index in [0.717, 1.165) is 24.6 Å². The zero-order chi connectivity index (χ0) is 12.5. The van der Waals surface area contributed by atoms with Gasteiger partial charge in [-0.3, -0.25) is 5.43 Å². The SMILES string of the molecule is CNN1CC(Oc2ccc3c(c2C)CSCC3)C1. The van der Waals surface area contributed by atoms with Crippen LogP contribution in [0.4, 0.5) is 0 Å². The molecule has 3 nitrogen and oxygen atoms in total. The van der Waals surface area contributed by atoms with Gasteiger partial charge >= 0.3 is 0 Å². The fourth-order valence-electron chi connectivity index (χ4n) is 2.59. The summed E-state index contributed by atoms with van der Waals surface area (Å²) in [5.74, 6) is 3.48. The topological polar surface area (TPSA) is 24.5 Å². The molecule has 0 atom stereocenters. The van der Waals surface area contributed by atoms with Gasteiger partial charge in [-0.25, -0.2) is 5.01 Å². The molecule has 18 heavy (non-hydrogen) atoms. The van der Waals surface area contributed by atoms with Crippen molar-refractivity contribution in [3.8, 4) is 5.75 Å². The van der Waals surface area contributed by atoms with E-state index in [-0.39, 0.29) is 0 Å². The highest BCUT2D eigenvalue weighted by Crippen LogP contribution is 2.33. The van der Waals surface area contributed by atoms with Crippen LogP contribution in [0.15, 0.2) is 12.1 Å². The van der Waals surface area contributed by atoms with Crippen LogP contribution in [0, 0.1) is 6.92 Å². The molecule has 0 aliphatic carbocycles. The van der Waals surface area contributed by atoms with Gasteiger partial charge in [0.05, 0.1) is 13.1 Å². The minimum atomic E-state index is 0.338. The molecule has 98 valence electrons. The average molecular weight is 264 g/mol. The standard InChI is InChI=1S/C14H20N2OS/c1-10-13-9-18-6-5-11(13)3-4-14(10)17-12-7-16(8-12)15-2/h3-4,12,15H,5-9H2,1-2H3. The lowest BCUT2D eigenvalue weighted by atomic mass is 10.00. The first-order valence-corrected chi connectivity index (χ1v) is 7.71. The largest absolute Gasteiger partial charge is 0.487 e. The van der Waals surface area contributed by atoms with Gasteiger partial charge in [-0.1, -0.05) is 6.07 Å². The van der Waals surface area contributed by atoms with E-state index in [1.807, 2.05) is 18.8 Å². The summed E-state index contributed by atoms with van der Waals surface area (Å²) in [7, 11) is 1.96.